The standard InChI is InChI=1S/C19H17ClFN3O2S/c20-14-3-1-4-15(21)13(14)11-24(12-6-7-12)18(25)9-8-17-22-19(23-26-17)16-5-2-10-27-16/h1-5,10,12H,6-9,11H2. The first-order chi connectivity index (χ1) is 13.1. The van der Waals surface area contributed by atoms with Crippen molar-refractivity contribution in [2.45, 2.75) is 38.3 Å². The third kappa shape index (κ3) is 4.20. The molecule has 27 heavy (non-hydrogen) atoms. The smallest absolute Gasteiger partial charge is 0.227 e. The molecule has 0 unspecified atom stereocenters. The van der Waals surface area contributed by atoms with E-state index in [1.54, 1.807) is 17.0 Å². The molecule has 140 valence electrons. The van der Waals surface area contributed by atoms with E-state index in [1.807, 2.05) is 17.5 Å². The summed E-state index contributed by atoms with van der Waals surface area (Å²) in [6.07, 6.45) is 2.45. The van der Waals surface area contributed by atoms with Gasteiger partial charge in [-0.1, -0.05) is 28.9 Å². The number of hydrogen-bond donors (Lipinski definition) is 0. The molecule has 1 aliphatic carbocycles. The van der Waals surface area contributed by atoms with Crippen molar-refractivity contribution in [3.8, 4) is 10.7 Å². The van der Waals surface area contributed by atoms with Crippen molar-refractivity contribution in [3.05, 3.63) is 58.0 Å². The molecule has 1 amide bonds. The molecule has 1 fully saturated rings. The molecule has 2 heterocycles. The molecule has 0 radical (unpaired) electrons. The van der Waals surface area contributed by atoms with Crippen LogP contribution in [0.3, 0.4) is 0 Å². The second-order valence-electron chi connectivity index (χ2n) is 6.44. The van der Waals surface area contributed by atoms with Crippen molar-refractivity contribution in [2.75, 3.05) is 0 Å². The highest BCUT2D eigenvalue weighted by atomic mass is 35.5. The lowest BCUT2D eigenvalue weighted by atomic mass is 10.1. The summed E-state index contributed by atoms with van der Waals surface area (Å²) >= 11 is 7.64. The molecule has 1 aliphatic rings. The highest BCUT2D eigenvalue weighted by Gasteiger charge is 2.33. The Morgan fingerprint density at radius 1 is 1.33 bits per heavy atom. The lowest BCUT2D eigenvalue weighted by Crippen LogP contribution is -2.33. The lowest BCUT2D eigenvalue weighted by Gasteiger charge is -2.23. The Morgan fingerprint density at radius 2 is 2.19 bits per heavy atom. The maximum atomic E-state index is 14.1. The Balaban J connectivity index is 1.41. The normalized spacial score (nSPS) is 13.7. The highest BCUT2D eigenvalue weighted by Crippen LogP contribution is 2.31. The minimum absolute atomic E-state index is 0.0623. The molecule has 4 rings (SSSR count). The van der Waals surface area contributed by atoms with E-state index in [4.69, 9.17) is 16.1 Å². The zero-order chi connectivity index (χ0) is 18.8. The van der Waals surface area contributed by atoms with Gasteiger partial charge in [0.15, 0.2) is 0 Å². The molecule has 8 heteroatoms. The van der Waals surface area contributed by atoms with Gasteiger partial charge < -0.3 is 9.42 Å². The number of carbonyl (C=O) groups is 1. The van der Waals surface area contributed by atoms with E-state index < -0.39 is 5.82 Å². The Hall–Kier alpha value is -2.25. The largest absolute Gasteiger partial charge is 0.339 e. The van der Waals surface area contributed by atoms with Gasteiger partial charge in [-0.05, 0) is 36.4 Å². The molecular weight excluding hydrogens is 389 g/mol. The summed E-state index contributed by atoms with van der Waals surface area (Å²) < 4.78 is 19.3. The minimum atomic E-state index is -0.390. The Morgan fingerprint density at radius 3 is 2.89 bits per heavy atom. The van der Waals surface area contributed by atoms with Crippen LogP contribution in [0, 0.1) is 5.82 Å². The van der Waals surface area contributed by atoms with E-state index in [0.717, 1.165) is 17.7 Å². The van der Waals surface area contributed by atoms with Crippen LogP contribution in [-0.2, 0) is 17.8 Å². The number of benzene rings is 1. The van der Waals surface area contributed by atoms with Gasteiger partial charge in [-0.3, -0.25) is 4.79 Å². The fourth-order valence-electron chi connectivity index (χ4n) is 2.88. The summed E-state index contributed by atoms with van der Waals surface area (Å²) in [7, 11) is 0. The number of thiophene rings is 1. The van der Waals surface area contributed by atoms with Crippen LogP contribution in [0.4, 0.5) is 4.39 Å². The van der Waals surface area contributed by atoms with Gasteiger partial charge in [0.05, 0.1) is 11.4 Å². The maximum absolute atomic E-state index is 14.1. The van der Waals surface area contributed by atoms with E-state index in [2.05, 4.69) is 10.1 Å². The van der Waals surface area contributed by atoms with Gasteiger partial charge in [0.25, 0.3) is 0 Å². The summed E-state index contributed by atoms with van der Waals surface area (Å²) in [5.74, 6) is 0.502. The van der Waals surface area contributed by atoms with Crippen LogP contribution >= 0.6 is 22.9 Å². The van der Waals surface area contributed by atoms with Gasteiger partial charge in [0.2, 0.25) is 17.6 Å². The number of hydrogen-bond acceptors (Lipinski definition) is 5. The van der Waals surface area contributed by atoms with Gasteiger partial charge in [-0.2, -0.15) is 4.98 Å². The van der Waals surface area contributed by atoms with Crippen molar-refractivity contribution in [1.29, 1.82) is 0 Å². The monoisotopic (exact) mass is 405 g/mol. The van der Waals surface area contributed by atoms with Crippen LogP contribution in [0.15, 0.2) is 40.2 Å². The second kappa shape index (κ2) is 7.78. The number of amides is 1. The van der Waals surface area contributed by atoms with E-state index in [1.165, 1.54) is 17.4 Å². The van der Waals surface area contributed by atoms with Crippen LogP contribution < -0.4 is 0 Å². The molecule has 0 atom stereocenters. The predicted molar refractivity (Wildman–Crippen MR) is 101 cm³/mol. The molecule has 0 saturated heterocycles. The number of nitrogens with zero attached hydrogens (tertiary/aromatic N) is 3. The lowest BCUT2D eigenvalue weighted by molar-refractivity contribution is -0.132. The average molecular weight is 406 g/mol. The summed E-state index contributed by atoms with van der Waals surface area (Å²) in [6.45, 7) is 0.180. The summed E-state index contributed by atoms with van der Waals surface area (Å²) in [4.78, 5) is 19.7. The quantitative estimate of drug-likeness (QED) is 0.571. The number of aromatic nitrogens is 2. The van der Waals surface area contributed by atoms with Crippen LogP contribution in [0.5, 0.6) is 0 Å². The first-order valence-electron chi connectivity index (χ1n) is 8.70. The third-order valence-corrected chi connectivity index (χ3v) is 5.68. The summed E-state index contributed by atoms with van der Waals surface area (Å²) in [5.41, 5.74) is 0.359. The number of rotatable bonds is 7. The first-order valence-corrected chi connectivity index (χ1v) is 9.96. The Kier molecular flexibility index (Phi) is 5.22. The van der Waals surface area contributed by atoms with Crippen LogP contribution in [0.2, 0.25) is 5.02 Å². The van der Waals surface area contributed by atoms with Crippen LogP contribution in [0.1, 0.15) is 30.7 Å². The molecule has 0 aliphatic heterocycles. The molecule has 0 bridgehead atoms. The van der Waals surface area contributed by atoms with Gasteiger partial charge in [-0.25, -0.2) is 4.39 Å². The zero-order valence-electron chi connectivity index (χ0n) is 14.4. The Bertz CT molecular complexity index is 920. The molecule has 5 nitrogen and oxygen atoms in total. The van der Waals surface area contributed by atoms with Crippen molar-refractivity contribution in [3.63, 3.8) is 0 Å². The van der Waals surface area contributed by atoms with E-state index in [9.17, 15) is 9.18 Å². The number of carbonyl (C=O) groups excluding carboxylic acids is 1. The molecule has 3 aromatic rings. The van der Waals surface area contributed by atoms with E-state index in [0.29, 0.717) is 28.7 Å². The van der Waals surface area contributed by atoms with Gasteiger partial charge in [-0.15, -0.1) is 11.3 Å². The highest BCUT2D eigenvalue weighted by molar-refractivity contribution is 7.13. The molecular formula is C19H17ClFN3O2S. The van der Waals surface area contributed by atoms with Gasteiger partial charge in [0, 0.05) is 29.5 Å². The summed E-state index contributed by atoms with van der Waals surface area (Å²) in [5, 5.41) is 6.23. The van der Waals surface area contributed by atoms with Crippen molar-refractivity contribution in [2.24, 2.45) is 0 Å². The topological polar surface area (TPSA) is 59.2 Å². The van der Waals surface area contributed by atoms with Crippen molar-refractivity contribution >= 4 is 28.8 Å². The third-order valence-electron chi connectivity index (χ3n) is 4.46. The zero-order valence-corrected chi connectivity index (χ0v) is 16.0. The van der Waals surface area contributed by atoms with Crippen LogP contribution in [-0.4, -0.2) is 27.0 Å². The minimum Gasteiger partial charge on any atom is -0.339 e. The predicted octanol–water partition coefficient (Wildman–Crippen LogP) is 4.71. The van der Waals surface area contributed by atoms with Gasteiger partial charge in [0.1, 0.15) is 5.82 Å². The summed E-state index contributed by atoms with van der Waals surface area (Å²) in [6, 6.07) is 8.54. The number of aryl methyl sites for hydroxylation is 1. The second-order valence-corrected chi connectivity index (χ2v) is 7.80. The van der Waals surface area contributed by atoms with Gasteiger partial charge >= 0.3 is 0 Å². The van der Waals surface area contributed by atoms with Crippen molar-refractivity contribution in [1.82, 2.24) is 15.0 Å². The first kappa shape index (κ1) is 18.1. The maximum Gasteiger partial charge on any atom is 0.227 e. The molecule has 1 saturated carbocycles. The molecule has 1 aromatic carbocycles. The fourth-order valence-corrected chi connectivity index (χ4v) is 3.75. The molecule has 0 N–H and O–H groups in total. The average Bonchev–Trinajstić information content (AvgIpc) is 3.15. The number of halogens is 2. The Labute approximate surface area is 164 Å². The SMILES string of the molecule is O=C(CCc1nc(-c2cccs2)no1)N(Cc1c(F)cccc1Cl)C1CC1. The molecule has 2 aromatic heterocycles. The van der Waals surface area contributed by atoms with E-state index in [-0.39, 0.29) is 24.9 Å². The van der Waals surface area contributed by atoms with Crippen molar-refractivity contribution < 1.29 is 13.7 Å². The van der Waals surface area contributed by atoms with Crippen LogP contribution in [0.25, 0.3) is 10.7 Å². The fraction of sp³-hybridized carbons (Fsp3) is 0.316. The molecule has 0 spiro atoms. The van der Waals surface area contributed by atoms with E-state index >= 15 is 0 Å².